The van der Waals surface area contributed by atoms with Crippen LogP contribution in [-0.2, 0) is 9.53 Å². The van der Waals surface area contributed by atoms with E-state index in [1.54, 1.807) is 18.2 Å². The molecule has 160 valence electrons. The quantitative estimate of drug-likeness (QED) is 0.339. The Kier molecular flexibility index (Phi) is 7.50. The number of ether oxygens (including phenoxy) is 2. The lowest BCUT2D eigenvalue weighted by Gasteiger charge is -2.08. The maximum Gasteiger partial charge on any atom is 0.341 e. The van der Waals surface area contributed by atoms with E-state index in [1.807, 2.05) is 50.2 Å². The van der Waals surface area contributed by atoms with E-state index in [2.05, 4.69) is 5.32 Å². The molecule has 0 fully saturated rings. The van der Waals surface area contributed by atoms with Crippen LogP contribution in [0.5, 0.6) is 5.75 Å². The second kappa shape index (κ2) is 10.3. The van der Waals surface area contributed by atoms with Gasteiger partial charge in [-0.1, -0.05) is 35.9 Å². The molecule has 0 bridgehead atoms. The standard InChI is InChI=1S/C24H22ClNO4S/c1-4-30-19-12-8-17(9-13-19)21-15(2)31-23(22(21)24(28)29-3)26-20(27)14-7-16-5-10-18(25)11-6-16/h5-14H,4H2,1-3H3,(H,26,27). The van der Waals surface area contributed by atoms with Gasteiger partial charge in [0.05, 0.1) is 13.7 Å². The highest BCUT2D eigenvalue weighted by Gasteiger charge is 2.24. The molecule has 7 heteroatoms. The number of anilines is 1. The summed E-state index contributed by atoms with van der Waals surface area (Å²) in [5, 5.41) is 3.88. The number of nitrogens with one attached hydrogen (secondary N) is 1. The predicted octanol–water partition coefficient (Wildman–Crippen LogP) is 6.21. The fourth-order valence-corrected chi connectivity index (χ4v) is 4.25. The second-order valence-corrected chi connectivity index (χ2v) is 8.22. The smallest absolute Gasteiger partial charge is 0.341 e. The Morgan fingerprint density at radius 2 is 1.77 bits per heavy atom. The fraction of sp³-hybridized carbons (Fsp3) is 0.167. The van der Waals surface area contributed by atoms with Gasteiger partial charge in [-0.25, -0.2) is 4.79 Å². The molecule has 0 saturated heterocycles. The van der Waals surface area contributed by atoms with E-state index in [0.717, 1.165) is 27.3 Å². The number of methoxy groups -OCH3 is 1. The van der Waals surface area contributed by atoms with E-state index >= 15 is 0 Å². The zero-order chi connectivity index (χ0) is 22.4. The molecule has 0 atom stereocenters. The summed E-state index contributed by atoms with van der Waals surface area (Å²) in [7, 11) is 1.32. The third kappa shape index (κ3) is 5.54. The number of benzene rings is 2. The molecule has 1 heterocycles. The van der Waals surface area contributed by atoms with Crippen molar-refractivity contribution in [2.45, 2.75) is 13.8 Å². The molecule has 1 amide bonds. The first-order valence-corrected chi connectivity index (χ1v) is 10.8. The van der Waals surface area contributed by atoms with E-state index < -0.39 is 5.97 Å². The molecule has 3 aromatic rings. The van der Waals surface area contributed by atoms with Crippen molar-refractivity contribution < 1.29 is 19.1 Å². The number of hydrogen-bond acceptors (Lipinski definition) is 5. The minimum absolute atomic E-state index is 0.336. The summed E-state index contributed by atoms with van der Waals surface area (Å²) in [5.74, 6) is -0.107. The van der Waals surface area contributed by atoms with Crippen LogP contribution in [0, 0.1) is 6.92 Å². The summed E-state index contributed by atoms with van der Waals surface area (Å²) in [6.07, 6.45) is 3.09. The number of thiophene rings is 1. The van der Waals surface area contributed by atoms with Gasteiger partial charge < -0.3 is 14.8 Å². The first-order chi connectivity index (χ1) is 14.9. The topological polar surface area (TPSA) is 64.6 Å². The van der Waals surface area contributed by atoms with Crippen LogP contribution in [0.2, 0.25) is 5.02 Å². The highest BCUT2D eigenvalue weighted by atomic mass is 35.5. The molecule has 0 spiro atoms. The number of rotatable bonds is 7. The molecule has 0 aliphatic rings. The third-order valence-electron chi connectivity index (χ3n) is 4.46. The molecule has 1 aromatic heterocycles. The Labute approximate surface area is 190 Å². The van der Waals surface area contributed by atoms with Crippen molar-refractivity contribution in [1.82, 2.24) is 0 Å². The molecule has 0 aliphatic carbocycles. The largest absolute Gasteiger partial charge is 0.494 e. The lowest BCUT2D eigenvalue weighted by atomic mass is 10.0. The summed E-state index contributed by atoms with van der Waals surface area (Å²) in [5.41, 5.74) is 2.75. The molecule has 0 saturated carbocycles. The Morgan fingerprint density at radius 1 is 1.10 bits per heavy atom. The van der Waals surface area contributed by atoms with Gasteiger partial charge >= 0.3 is 5.97 Å². The van der Waals surface area contributed by atoms with Crippen LogP contribution < -0.4 is 10.1 Å². The molecule has 0 aliphatic heterocycles. The number of aryl methyl sites for hydroxylation is 1. The summed E-state index contributed by atoms with van der Waals surface area (Å²) >= 11 is 7.21. The Balaban J connectivity index is 1.90. The molecular weight excluding hydrogens is 434 g/mol. The first-order valence-electron chi connectivity index (χ1n) is 9.62. The average molecular weight is 456 g/mol. The van der Waals surface area contributed by atoms with E-state index in [9.17, 15) is 9.59 Å². The zero-order valence-corrected chi connectivity index (χ0v) is 19.0. The maximum atomic E-state index is 12.6. The van der Waals surface area contributed by atoms with Crippen LogP contribution in [0.25, 0.3) is 17.2 Å². The molecule has 31 heavy (non-hydrogen) atoms. The van der Waals surface area contributed by atoms with Crippen molar-refractivity contribution in [2.75, 3.05) is 19.0 Å². The van der Waals surface area contributed by atoms with E-state index in [0.29, 0.717) is 22.2 Å². The number of carbonyl (C=O) groups is 2. The average Bonchev–Trinajstić information content (AvgIpc) is 3.09. The number of esters is 1. The molecule has 0 radical (unpaired) electrons. The summed E-state index contributed by atoms with van der Waals surface area (Å²) in [6, 6.07) is 14.6. The van der Waals surface area contributed by atoms with Crippen LogP contribution in [0.3, 0.4) is 0 Å². The zero-order valence-electron chi connectivity index (χ0n) is 17.4. The third-order valence-corrected chi connectivity index (χ3v) is 5.73. The number of halogens is 1. The predicted molar refractivity (Wildman–Crippen MR) is 126 cm³/mol. The summed E-state index contributed by atoms with van der Waals surface area (Å²) in [4.78, 5) is 26.0. The van der Waals surface area contributed by atoms with Crippen molar-refractivity contribution in [3.05, 3.63) is 75.6 Å². The van der Waals surface area contributed by atoms with Crippen molar-refractivity contribution in [2.24, 2.45) is 0 Å². The minimum atomic E-state index is -0.509. The SMILES string of the molecule is CCOc1ccc(-c2c(C)sc(NC(=O)C=Cc3ccc(Cl)cc3)c2C(=O)OC)cc1. The Bertz CT molecular complexity index is 1100. The van der Waals surface area contributed by atoms with E-state index in [1.165, 1.54) is 24.5 Å². The summed E-state index contributed by atoms with van der Waals surface area (Å²) < 4.78 is 10.5. The van der Waals surface area contributed by atoms with Gasteiger partial charge in [-0.2, -0.15) is 0 Å². The lowest BCUT2D eigenvalue weighted by Crippen LogP contribution is -2.11. The molecule has 2 aromatic carbocycles. The molecule has 0 unspecified atom stereocenters. The van der Waals surface area contributed by atoms with Gasteiger partial charge in [-0.05, 0) is 55.3 Å². The highest BCUT2D eigenvalue weighted by Crippen LogP contribution is 2.40. The van der Waals surface area contributed by atoms with Crippen LogP contribution in [0.4, 0.5) is 5.00 Å². The summed E-state index contributed by atoms with van der Waals surface area (Å²) in [6.45, 7) is 4.40. The van der Waals surface area contributed by atoms with Crippen LogP contribution in [0.15, 0.2) is 54.6 Å². The highest BCUT2D eigenvalue weighted by molar-refractivity contribution is 7.17. The van der Waals surface area contributed by atoms with Crippen molar-refractivity contribution in [1.29, 1.82) is 0 Å². The van der Waals surface area contributed by atoms with Gasteiger partial charge in [0.1, 0.15) is 16.3 Å². The lowest BCUT2D eigenvalue weighted by molar-refractivity contribution is -0.111. The van der Waals surface area contributed by atoms with Gasteiger partial charge in [0.25, 0.3) is 0 Å². The van der Waals surface area contributed by atoms with Gasteiger partial charge in [0.2, 0.25) is 5.91 Å². The maximum absolute atomic E-state index is 12.6. The number of amides is 1. The first kappa shape index (κ1) is 22.6. The molecule has 5 nitrogen and oxygen atoms in total. The van der Waals surface area contributed by atoms with Crippen LogP contribution in [-0.4, -0.2) is 25.6 Å². The van der Waals surface area contributed by atoms with Crippen LogP contribution >= 0.6 is 22.9 Å². The fourth-order valence-electron chi connectivity index (χ4n) is 3.06. The van der Waals surface area contributed by atoms with Gasteiger partial charge in [-0.15, -0.1) is 11.3 Å². The second-order valence-electron chi connectivity index (χ2n) is 6.56. The molecule has 1 N–H and O–H groups in total. The number of hydrogen-bond donors (Lipinski definition) is 1. The van der Waals surface area contributed by atoms with Gasteiger partial charge in [0, 0.05) is 21.5 Å². The molecular formula is C24H22ClNO4S. The van der Waals surface area contributed by atoms with Crippen molar-refractivity contribution in [3.63, 3.8) is 0 Å². The molecule has 3 rings (SSSR count). The van der Waals surface area contributed by atoms with Crippen LogP contribution in [0.1, 0.15) is 27.7 Å². The van der Waals surface area contributed by atoms with E-state index in [4.69, 9.17) is 21.1 Å². The van der Waals surface area contributed by atoms with E-state index in [-0.39, 0.29) is 5.91 Å². The van der Waals surface area contributed by atoms with Crippen molar-refractivity contribution in [3.8, 4) is 16.9 Å². The Hall–Kier alpha value is -3.09. The minimum Gasteiger partial charge on any atom is -0.494 e. The normalized spacial score (nSPS) is 10.8. The monoisotopic (exact) mass is 455 g/mol. The van der Waals surface area contributed by atoms with Gasteiger partial charge in [-0.3, -0.25) is 4.79 Å². The van der Waals surface area contributed by atoms with Gasteiger partial charge in [0.15, 0.2) is 0 Å². The Morgan fingerprint density at radius 3 is 2.39 bits per heavy atom. The number of carbonyl (C=O) groups excluding carboxylic acids is 2. The van der Waals surface area contributed by atoms with Crippen molar-refractivity contribution >= 4 is 45.9 Å².